The number of nitrogens with zero attached hydrogens (tertiary/aromatic N) is 3. The van der Waals surface area contributed by atoms with Gasteiger partial charge < -0.3 is 9.64 Å². The van der Waals surface area contributed by atoms with Gasteiger partial charge >= 0.3 is 0 Å². The molecule has 1 saturated heterocycles. The minimum Gasteiger partial charge on any atom is -0.377 e. The fraction of sp³-hybridized carbons (Fsp3) is 0.750. The molecule has 1 aromatic heterocycles. The Balaban J connectivity index is 1.83. The van der Waals surface area contributed by atoms with Crippen LogP contribution in [0.3, 0.4) is 0 Å². The number of nitrogens with one attached hydrogen (secondary N) is 1. The van der Waals surface area contributed by atoms with Crippen LogP contribution in [0.25, 0.3) is 0 Å². The number of rotatable bonds is 5. The van der Waals surface area contributed by atoms with Crippen molar-refractivity contribution in [3.63, 3.8) is 0 Å². The van der Waals surface area contributed by atoms with Crippen LogP contribution < -0.4 is 0 Å². The van der Waals surface area contributed by atoms with E-state index in [1.54, 1.807) is 7.11 Å². The summed E-state index contributed by atoms with van der Waals surface area (Å²) in [6.07, 6.45) is 4.67. The maximum atomic E-state index is 11.8. The van der Waals surface area contributed by atoms with Gasteiger partial charge in [-0.15, -0.1) is 0 Å². The molecule has 6 heteroatoms. The van der Waals surface area contributed by atoms with Gasteiger partial charge in [-0.2, -0.15) is 5.10 Å². The van der Waals surface area contributed by atoms with Crippen molar-refractivity contribution in [3.8, 4) is 0 Å². The van der Waals surface area contributed by atoms with Crippen molar-refractivity contribution in [1.29, 1.82) is 0 Å². The number of likely N-dealkylation sites (tertiary alicyclic amines) is 1. The average molecular weight is 252 g/mol. The van der Waals surface area contributed by atoms with Gasteiger partial charge in [0.05, 0.1) is 0 Å². The average Bonchev–Trinajstić information content (AvgIpc) is 2.70. The topological polar surface area (TPSA) is 71.1 Å². The molecular weight excluding hydrogens is 232 g/mol. The van der Waals surface area contributed by atoms with E-state index in [1.165, 1.54) is 0 Å². The summed E-state index contributed by atoms with van der Waals surface area (Å²) in [6, 6.07) is 0. The molecule has 1 amide bonds. The molecule has 0 spiro atoms. The van der Waals surface area contributed by atoms with Gasteiger partial charge in [-0.25, -0.2) is 4.98 Å². The van der Waals surface area contributed by atoms with Gasteiger partial charge in [0.15, 0.2) is 11.6 Å². The summed E-state index contributed by atoms with van der Waals surface area (Å²) in [5, 5.41) is 6.94. The van der Waals surface area contributed by atoms with Crippen molar-refractivity contribution in [2.75, 3.05) is 20.2 Å². The molecular formula is C12H20N4O2. The van der Waals surface area contributed by atoms with E-state index in [-0.39, 0.29) is 5.91 Å². The number of carbonyl (C=O) groups is 1. The highest BCUT2D eigenvalue weighted by Gasteiger charge is 2.16. The molecule has 0 saturated carbocycles. The van der Waals surface area contributed by atoms with Crippen LogP contribution in [0.2, 0.25) is 0 Å². The molecule has 0 bridgehead atoms. The first kappa shape index (κ1) is 13.0. The molecule has 1 aromatic rings. The minimum absolute atomic E-state index is 0.264. The van der Waals surface area contributed by atoms with E-state index in [0.717, 1.165) is 37.5 Å². The van der Waals surface area contributed by atoms with Gasteiger partial charge in [0.1, 0.15) is 6.61 Å². The molecule has 1 aliphatic heterocycles. The number of amides is 1. The monoisotopic (exact) mass is 252 g/mol. The van der Waals surface area contributed by atoms with E-state index < -0.39 is 0 Å². The first-order valence-corrected chi connectivity index (χ1v) is 6.46. The van der Waals surface area contributed by atoms with Crippen molar-refractivity contribution in [3.05, 3.63) is 11.6 Å². The highest BCUT2D eigenvalue weighted by molar-refractivity contribution is 5.76. The third-order valence-corrected chi connectivity index (χ3v) is 3.14. The number of H-pyrrole nitrogens is 1. The van der Waals surface area contributed by atoms with Crippen LogP contribution in [-0.4, -0.2) is 46.2 Å². The molecule has 0 aliphatic carbocycles. The van der Waals surface area contributed by atoms with Gasteiger partial charge in [0.2, 0.25) is 5.91 Å². The Bertz CT molecular complexity index is 391. The van der Waals surface area contributed by atoms with Crippen LogP contribution in [-0.2, 0) is 22.6 Å². The van der Waals surface area contributed by atoms with Gasteiger partial charge in [-0.05, 0) is 12.8 Å². The van der Waals surface area contributed by atoms with Crippen molar-refractivity contribution in [2.24, 2.45) is 0 Å². The standard InChI is InChI=1S/C12H20N4O2/c1-18-9-11-13-10(14-15-11)6-8-16-7-4-2-3-5-12(16)17/h2-9H2,1H3,(H,13,14,15). The Kier molecular flexibility index (Phi) is 4.69. The second-order valence-electron chi connectivity index (χ2n) is 4.57. The molecule has 0 unspecified atom stereocenters. The SMILES string of the molecule is COCc1nc(CCN2CCCCCC2=O)n[nH]1. The number of aromatic nitrogens is 3. The van der Waals surface area contributed by atoms with E-state index in [0.29, 0.717) is 26.0 Å². The van der Waals surface area contributed by atoms with Gasteiger partial charge in [0, 0.05) is 33.0 Å². The molecule has 1 fully saturated rings. The lowest BCUT2D eigenvalue weighted by Gasteiger charge is -2.19. The van der Waals surface area contributed by atoms with E-state index >= 15 is 0 Å². The number of ether oxygens (including phenoxy) is 1. The number of hydrogen-bond acceptors (Lipinski definition) is 4. The number of methoxy groups -OCH3 is 1. The third-order valence-electron chi connectivity index (χ3n) is 3.14. The fourth-order valence-electron chi connectivity index (χ4n) is 2.16. The molecule has 2 rings (SSSR count). The number of aromatic amines is 1. The molecule has 1 N–H and O–H groups in total. The third kappa shape index (κ3) is 3.53. The van der Waals surface area contributed by atoms with Crippen molar-refractivity contribution in [1.82, 2.24) is 20.1 Å². The summed E-state index contributed by atoms with van der Waals surface area (Å²) in [6.45, 7) is 2.02. The van der Waals surface area contributed by atoms with Crippen LogP contribution >= 0.6 is 0 Å². The highest BCUT2D eigenvalue weighted by Crippen LogP contribution is 2.11. The van der Waals surface area contributed by atoms with E-state index in [1.807, 2.05) is 4.90 Å². The molecule has 0 radical (unpaired) electrons. The van der Waals surface area contributed by atoms with Crippen LogP contribution in [0.4, 0.5) is 0 Å². The normalized spacial score (nSPS) is 16.9. The molecule has 2 heterocycles. The number of hydrogen-bond donors (Lipinski definition) is 1. The van der Waals surface area contributed by atoms with Crippen LogP contribution in [0.1, 0.15) is 37.3 Å². The second-order valence-corrected chi connectivity index (χ2v) is 4.57. The summed E-state index contributed by atoms with van der Waals surface area (Å²) in [7, 11) is 1.62. The van der Waals surface area contributed by atoms with Gasteiger partial charge in [-0.1, -0.05) is 6.42 Å². The highest BCUT2D eigenvalue weighted by atomic mass is 16.5. The van der Waals surface area contributed by atoms with Crippen LogP contribution in [0.15, 0.2) is 0 Å². The van der Waals surface area contributed by atoms with Crippen LogP contribution in [0.5, 0.6) is 0 Å². The summed E-state index contributed by atoms with van der Waals surface area (Å²) in [5.41, 5.74) is 0. The van der Waals surface area contributed by atoms with E-state index in [9.17, 15) is 4.79 Å². The predicted molar refractivity (Wildman–Crippen MR) is 65.8 cm³/mol. The van der Waals surface area contributed by atoms with Crippen molar-refractivity contribution < 1.29 is 9.53 Å². The molecule has 0 aromatic carbocycles. The Morgan fingerprint density at radius 2 is 2.28 bits per heavy atom. The van der Waals surface area contributed by atoms with Crippen molar-refractivity contribution >= 4 is 5.91 Å². The maximum Gasteiger partial charge on any atom is 0.222 e. The predicted octanol–water partition coefficient (Wildman–Crippen LogP) is 0.896. The maximum absolute atomic E-state index is 11.8. The van der Waals surface area contributed by atoms with Gasteiger partial charge in [0.25, 0.3) is 0 Å². The molecule has 0 atom stereocenters. The summed E-state index contributed by atoms with van der Waals surface area (Å²) in [5.74, 6) is 1.74. The summed E-state index contributed by atoms with van der Waals surface area (Å²) >= 11 is 0. The fourth-order valence-corrected chi connectivity index (χ4v) is 2.16. The van der Waals surface area contributed by atoms with Crippen LogP contribution in [0, 0.1) is 0 Å². The first-order valence-electron chi connectivity index (χ1n) is 6.46. The largest absolute Gasteiger partial charge is 0.377 e. The molecule has 100 valence electrons. The first-order chi connectivity index (χ1) is 8.79. The van der Waals surface area contributed by atoms with Crippen molar-refractivity contribution in [2.45, 2.75) is 38.7 Å². The van der Waals surface area contributed by atoms with E-state index in [4.69, 9.17) is 4.74 Å². The zero-order chi connectivity index (χ0) is 12.8. The second kappa shape index (κ2) is 6.49. The minimum atomic E-state index is 0.264. The Morgan fingerprint density at radius 1 is 1.39 bits per heavy atom. The lowest BCUT2D eigenvalue weighted by Crippen LogP contribution is -2.32. The smallest absolute Gasteiger partial charge is 0.222 e. The zero-order valence-electron chi connectivity index (χ0n) is 10.8. The number of carbonyl (C=O) groups excluding carboxylic acids is 1. The van der Waals surface area contributed by atoms with E-state index in [2.05, 4.69) is 15.2 Å². The van der Waals surface area contributed by atoms with Gasteiger partial charge in [-0.3, -0.25) is 9.89 Å². The Labute approximate surface area is 107 Å². The summed E-state index contributed by atoms with van der Waals surface area (Å²) < 4.78 is 4.97. The Morgan fingerprint density at radius 3 is 3.11 bits per heavy atom. The summed E-state index contributed by atoms with van der Waals surface area (Å²) in [4.78, 5) is 18.0. The molecule has 6 nitrogen and oxygen atoms in total. The molecule has 18 heavy (non-hydrogen) atoms. The zero-order valence-corrected chi connectivity index (χ0v) is 10.8. The molecule has 1 aliphatic rings. The lowest BCUT2D eigenvalue weighted by molar-refractivity contribution is -0.130. The quantitative estimate of drug-likeness (QED) is 0.845. The Hall–Kier alpha value is -1.43. The lowest BCUT2D eigenvalue weighted by atomic mass is 10.2.